The van der Waals surface area contributed by atoms with E-state index >= 15 is 0 Å². The first kappa shape index (κ1) is 11.5. The van der Waals surface area contributed by atoms with Gasteiger partial charge in [-0.05, 0) is 45.0 Å². The molecule has 0 aliphatic carbocycles. The second-order valence-electron chi connectivity index (χ2n) is 5.11. The fraction of sp³-hybridized carbons (Fsp3) is 0.833. The predicted molar refractivity (Wildman–Crippen MR) is 70.4 cm³/mol. The largest absolute Gasteiger partial charge is 0.299 e. The number of aromatic amines is 1. The molecular weight excluding hydrogens is 232 g/mol. The molecule has 2 fully saturated rings. The highest BCUT2D eigenvalue weighted by Gasteiger charge is 2.29. The number of rotatable bonds is 2. The minimum atomic E-state index is 0.574. The van der Waals surface area contributed by atoms with Crippen LogP contribution in [0, 0.1) is 6.92 Å². The van der Waals surface area contributed by atoms with Crippen LogP contribution < -0.4 is 0 Å². The van der Waals surface area contributed by atoms with Gasteiger partial charge >= 0.3 is 0 Å². The Kier molecular flexibility index (Phi) is 3.38. The molecule has 0 bridgehead atoms. The average molecular weight is 252 g/mol. The van der Waals surface area contributed by atoms with Gasteiger partial charge in [0.2, 0.25) is 0 Å². The Labute approximate surface area is 107 Å². The standard InChI is InChI=1S/C12H20N4S/c1-9-13-12(15-14-9)10-2-5-16(6-3-10)11-4-7-17-8-11/h10-11H,2-8H2,1H3,(H,13,14,15). The third-order valence-corrected chi connectivity index (χ3v) is 5.08. The van der Waals surface area contributed by atoms with E-state index < -0.39 is 0 Å². The van der Waals surface area contributed by atoms with Crippen LogP contribution in [0.1, 0.15) is 36.8 Å². The fourth-order valence-electron chi connectivity index (χ4n) is 2.88. The second-order valence-corrected chi connectivity index (χ2v) is 6.26. The molecule has 3 rings (SSSR count). The van der Waals surface area contributed by atoms with Crippen LogP contribution in [-0.4, -0.2) is 50.7 Å². The molecule has 1 aromatic rings. The summed E-state index contributed by atoms with van der Waals surface area (Å²) in [4.78, 5) is 7.14. The summed E-state index contributed by atoms with van der Waals surface area (Å²) in [5, 5.41) is 7.26. The Morgan fingerprint density at radius 1 is 1.29 bits per heavy atom. The number of nitrogens with zero attached hydrogens (tertiary/aromatic N) is 3. The molecule has 0 saturated carbocycles. The molecule has 0 spiro atoms. The van der Waals surface area contributed by atoms with Crippen molar-refractivity contribution in [3.05, 3.63) is 11.6 Å². The summed E-state index contributed by atoms with van der Waals surface area (Å²) in [7, 11) is 0. The number of thioether (sulfide) groups is 1. The molecule has 5 heteroatoms. The summed E-state index contributed by atoms with van der Waals surface area (Å²) in [6, 6.07) is 0.842. The highest BCUT2D eigenvalue weighted by atomic mass is 32.2. The van der Waals surface area contributed by atoms with Crippen molar-refractivity contribution < 1.29 is 0 Å². The molecular formula is C12H20N4S. The summed E-state index contributed by atoms with van der Waals surface area (Å²) in [6.45, 7) is 4.42. The Bertz CT molecular complexity index is 364. The third kappa shape index (κ3) is 2.50. The zero-order chi connectivity index (χ0) is 11.7. The van der Waals surface area contributed by atoms with Crippen LogP contribution in [-0.2, 0) is 0 Å². The Morgan fingerprint density at radius 2 is 2.12 bits per heavy atom. The number of H-pyrrole nitrogens is 1. The number of nitrogens with one attached hydrogen (secondary N) is 1. The summed E-state index contributed by atoms with van der Waals surface area (Å²) in [5.74, 6) is 5.23. The van der Waals surface area contributed by atoms with Crippen molar-refractivity contribution in [3.8, 4) is 0 Å². The molecule has 4 nitrogen and oxygen atoms in total. The maximum atomic E-state index is 4.47. The maximum absolute atomic E-state index is 4.47. The van der Waals surface area contributed by atoms with Gasteiger partial charge in [-0.2, -0.15) is 16.9 Å². The zero-order valence-electron chi connectivity index (χ0n) is 10.4. The number of aryl methyl sites for hydroxylation is 1. The molecule has 17 heavy (non-hydrogen) atoms. The lowest BCUT2D eigenvalue weighted by molar-refractivity contribution is 0.163. The van der Waals surface area contributed by atoms with Gasteiger partial charge in [0.05, 0.1) is 0 Å². The minimum absolute atomic E-state index is 0.574. The molecule has 94 valence electrons. The lowest BCUT2D eigenvalue weighted by Gasteiger charge is -2.34. The van der Waals surface area contributed by atoms with E-state index in [9.17, 15) is 0 Å². The highest BCUT2D eigenvalue weighted by molar-refractivity contribution is 7.99. The number of likely N-dealkylation sites (tertiary alicyclic amines) is 1. The molecule has 0 radical (unpaired) electrons. The van der Waals surface area contributed by atoms with E-state index in [2.05, 4.69) is 31.8 Å². The van der Waals surface area contributed by atoms with Gasteiger partial charge in [-0.3, -0.25) is 10.00 Å². The molecule has 2 saturated heterocycles. The van der Waals surface area contributed by atoms with Crippen LogP contribution in [0.3, 0.4) is 0 Å². The number of hydrogen-bond acceptors (Lipinski definition) is 4. The van der Waals surface area contributed by atoms with Gasteiger partial charge in [0.1, 0.15) is 5.82 Å². The van der Waals surface area contributed by atoms with Crippen LogP contribution in [0.15, 0.2) is 0 Å². The van der Waals surface area contributed by atoms with Gasteiger partial charge in [0.25, 0.3) is 0 Å². The number of aromatic nitrogens is 3. The first-order valence-corrected chi connectivity index (χ1v) is 7.69. The molecule has 2 aliphatic heterocycles. The highest BCUT2D eigenvalue weighted by Crippen LogP contribution is 2.30. The lowest BCUT2D eigenvalue weighted by Crippen LogP contribution is -2.41. The number of hydrogen-bond donors (Lipinski definition) is 1. The molecule has 3 heterocycles. The Hall–Kier alpha value is -0.550. The van der Waals surface area contributed by atoms with Crippen molar-refractivity contribution in [3.63, 3.8) is 0 Å². The van der Waals surface area contributed by atoms with Crippen molar-refractivity contribution in [2.75, 3.05) is 24.6 Å². The van der Waals surface area contributed by atoms with Crippen LogP contribution in [0.5, 0.6) is 0 Å². The van der Waals surface area contributed by atoms with E-state index in [0.717, 1.165) is 17.7 Å². The average Bonchev–Trinajstić information content (AvgIpc) is 3.00. The quantitative estimate of drug-likeness (QED) is 0.871. The predicted octanol–water partition coefficient (Wildman–Crippen LogP) is 1.80. The molecule has 0 amide bonds. The van der Waals surface area contributed by atoms with E-state index in [0.29, 0.717) is 5.92 Å². The van der Waals surface area contributed by atoms with Crippen LogP contribution >= 0.6 is 11.8 Å². The van der Waals surface area contributed by atoms with Crippen molar-refractivity contribution >= 4 is 11.8 Å². The third-order valence-electron chi connectivity index (χ3n) is 3.93. The van der Waals surface area contributed by atoms with Crippen molar-refractivity contribution in [1.82, 2.24) is 20.1 Å². The van der Waals surface area contributed by atoms with Gasteiger partial charge in [-0.25, -0.2) is 4.98 Å². The van der Waals surface area contributed by atoms with E-state index in [1.165, 1.54) is 43.9 Å². The van der Waals surface area contributed by atoms with Crippen molar-refractivity contribution in [2.24, 2.45) is 0 Å². The summed E-state index contributed by atoms with van der Waals surface area (Å²) >= 11 is 2.10. The molecule has 1 atom stereocenters. The van der Waals surface area contributed by atoms with Crippen LogP contribution in [0.25, 0.3) is 0 Å². The summed E-state index contributed by atoms with van der Waals surface area (Å²) < 4.78 is 0. The first-order chi connectivity index (χ1) is 8.33. The van der Waals surface area contributed by atoms with E-state index in [4.69, 9.17) is 0 Å². The Balaban J connectivity index is 1.56. The molecule has 1 unspecified atom stereocenters. The topological polar surface area (TPSA) is 44.8 Å². The van der Waals surface area contributed by atoms with Crippen molar-refractivity contribution in [1.29, 1.82) is 0 Å². The lowest BCUT2D eigenvalue weighted by atomic mass is 9.95. The summed E-state index contributed by atoms with van der Waals surface area (Å²) in [6.07, 6.45) is 3.83. The molecule has 2 aliphatic rings. The van der Waals surface area contributed by atoms with E-state index in [-0.39, 0.29) is 0 Å². The fourth-order valence-corrected chi connectivity index (χ4v) is 4.13. The first-order valence-electron chi connectivity index (χ1n) is 6.53. The van der Waals surface area contributed by atoms with Gasteiger partial charge in [-0.1, -0.05) is 0 Å². The van der Waals surface area contributed by atoms with Gasteiger partial charge < -0.3 is 0 Å². The van der Waals surface area contributed by atoms with E-state index in [1.54, 1.807) is 0 Å². The molecule has 1 N–H and O–H groups in total. The molecule has 0 aromatic carbocycles. The van der Waals surface area contributed by atoms with Gasteiger partial charge in [-0.15, -0.1) is 0 Å². The van der Waals surface area contributed by atoms with Crippen LogP contribution in [0.4, 0.5) is 0 Å². The van der Waals surface area contributed by atoms with E-state index in [1.807, 2.05) is 6.92 Å². The maximum Gasteiger partial charge on any atom is 0.153 e. The molecule has 1 aromatic heterocycles. The number of piperidine rings is 1. The normalized spacial score (nSPS) is 27.7. The smallest absolute Gasteiger partial charge is 0.153 e. The Morgan fingerprint density at radius 3 is 2.71 bits per heavy atom. The zero-order valence-corrected chi connectivity index (χ0v) is 11.2. The second kappa shape index (κ2) is 4.98. The van der Waals surface area contributed by atoms with Crippen molar-refractivity contribution in [2.45, 2.75) is 38.1 Å². The summed E-state index contributed by atoms with van der Waals surface area (Å²) in [5.41, 5.74) is 0. The minimum Gasteiger partial charge on any atom is -0.299 e. The van der Waals surface area contributed by atoms with Gasteiger partial charge in [0, 0.05) is 17.7 Å². The van der Waals surface area contributed by atoms with Gasteiger partial charge in [0.15, 0.2) is 5.82 Å². The SMILES string of the molecule is Cc1nc(C2CCN(C3CCSC3)CC2)n[nH]1. The monoisotopic (exact) mass is 252 g/mol. The van der Waals surface area contributed by atoms with Crippen LogP contribution in [0.2, 0.25) is 0 Å².